The number of H-pyrrole nitrogens is 2. The van der Waals surface area contributed by atoms with E-state index in [9.17, 15) is 14.4 Å². The second-order valence-electron chi connectivity index (χ2n) is 6.17. The van der Waals surface area contributed by atoms with Gasteiger partial charge in [0.15, 0.2) is 17.6 Å². The fraction of sp³-hybridized carbons (Fsp3) is 0.250. The van der Waals surface area contributed by atoms with Crippen molar-refractivity contribution < 1.29 is 23.8 Å². The summed E-state index contributed by atoms with van der Waals surface area (Å²) in [5, 5.41) is 2.65. The van der Waals surface area contributed by atoms with Crippen LogP contribution in [0.5, 0.6) is 11.5 Å². The van der Waals surface area contributed by atoms with Crippen molar-refractivity contribution in [3.05, 3.63) is 52.4 Å². The Labute approximate surface area is 166 Å². The van der Waals surface area contributed by atoms with Gasteiger partial charge in [0.05, 0.1) is 30.3 Å². The standard InChI is InChI=1S/C20H21N3O6/c1-4-28-17-9-12(5-8-16(17)27-3)19(25)29-11(2)18(24)21-13-6-7-14-15(10-13)23-20(26)22-14/h5-11H,4H2,1-3H3,(H,21,24)(H2,22,23,26)/t11-/m1/s1. The molecule has 0 aliphatic heterocycles. The molecular formula is C20H21N3O6. The largest absolute Gasteiger partial charge is 0.493 e. The average Bonchev–Trinajstić information content (AvgIpc) is 3.07. The maximum Gasteiger partial charge on any atom is 0.339 e. The quantitative estimate of drug-likeness (QED) is 0.525. The summed E-state index contributed by atoms with van der Waals surface area (Å²) in [6, 6.07) is 9.54. The first kappa shape index (κ1) is 20.0. The summed E-state index contributed by atoms with van der Waals surface area (Å²) in [6.45, 7) is 3.69. The lowest BCUT2D eigenvalue weighted by Gasteiger charge is -2.15. The molecule has 0 bridgehead atoms. The molecule has 0 aliphatic rings. The van der Waals surface area contributed by atoms with E-state index in [1.165, 1.54) is 26.2 Å². The maximum absolute atomic E-state index is 12.4. The number of benzene rings is 2. The summed E-state index contributed by atoms with van der Waals surface area (Å²) in [5.41, 5.74) is 1.54. The van der Waals surface area contributed by atoms with Crippen molar-refractivity contribution in [2.45, 2.75) is 20.0 Å². The molecule has 0 saturated heterocycles. The van der Waals surface area contributed by atoms with Gasteiger partial charge < -0.3 is 29.5 Å². The second kappa shape index (κ2) is 8.51. The van der Waals surface area contributed by atoms with E-state index in [1.54, 1.807) is 24.3 Å². The normalized spacial score (nSPS) is 11.7. The molecule has 9 heteroatoms. The number of hydrogen-bond acceptors (Lipinski definition) is 6. The highest BCUT2D eigenvalue weighted by atomic mass is 16.5. The summed E-state index contributed by atoms with van der Waals surface area (Å²) < 4.78 is 15.9. The molecule has 0 spiro atoms. The van der Waals surface area contributed by atoms with Gasteiger partial charge in [0.25, 0.3) is 5.91 Å². The van der Waals surface area contributed by atoms with E-state index in [2.05, 4.69) is 15.3 Å². The third-order valence-corrected chi connectivity index (χ3v) is 4.14. The van der Waals surface area contributed by atoms with Gasteiger partial charge in [-0.25, -0.2) is 9.59 Å². The van der Waals surface area contributed by atoms with Crippen molar-refractivity contribution in [2.24, 2.45) is 0 Å². The summed E-state index contributed by atoms with van der Waals surface area (Å²) >= 11 is 0. The van der Waals surface area contributed by atoms with Crippen molar-refractivity contribution >= 4 is 28.6 Å². The van der Waals surface area contributed by atoms with Gasteiger partial charge in [-0.05, 0) is 50.2 Å². The lowest BCUT2D eigenvalue weighted by atomic mass is 10.2. The van der Waals surface area contributed by atoms with Crippen LogP contribution < -0.4 is 20.5 Å². The Morgan fingerprint density at radius 3 is 2.55 bits per heavy atom. The van der Waals surface area contributed by atoms with E-state index < -0.39 is 18.0 Å². The van der Waals surface area contributed by atoms with Crippen LogP contribution >= 0.6 is 0 Å². The van der Waals surface area contributed by atoms with Crippen molar-refractivity contribution in [3.8, 4) is 11.5 Å². The van der Waals surface area contributed by atoms with E-state index in [-0.39, 0.29) is 11.3 Å². The number of rotatable bonds is 7. The van der Waals surface area contributed by atoms with Crippen LogP contribution in [-0.2, 0) is 9.53 Å². The fourth-order valence-corrected chi connectivity index (χ4v) is 2.71. The molecule has 29 heavy (non-hydrogen) atoms. The van der Waals surface area contributed by atoms with Crippen LogP contribution in [0.2, 0.25) is 0 Å². The van der Waals surface area contributed by atoms with Crippen LogP contribution in [0.1, 0.15) is 24.2 Å². The maximum atomic E-state index is 12.4. The topological polar surface area (TPSA) is 123 Å². The number of methoxy groups -OCH3 is 1. The number of aromatic amines is 2. The summed E-state index contributed by atoms with van der Waals surface area (Å²) in [6.07, 6.45) is -1.04. The zero-order chi connectivity index (χ0) is 21.0. The van der Waals surface area contributed by atoms with E-state index in [0.717, 1.165) is 0 Å². The number of hydrogen-bond donors (Lipinski definition) is 3. The zero-order valence-corrected chi connectivity index (χ0v) is 16.2. The zero-order valence-electron chi connectivity index (χ0n) is 16.2. The van der Waals surface area contributed by atoms with Gasteiger partial charge in [0, 0.05) is 5.69 Å². The molecule has 1 aromatic heterocycles. The number of ether oxygens (including phenoxy) is 3. The average molecular weight is 399 g/mol. The van der Waals surface area contributed by atoms with Crippen LogP contribution in [0.4, 0.5) is 5.69 Å². The first-order chi connectivity index (χ1) is 13.9. The molecule has 3 N–H and O–H groups in total. The molecule has 0 fully saturated rings. The Morgan fingerprint density at radius 1 is 1.07 bits per heavy atom. The third-order valence-electron chi connectivity index (χ3n) is 4.14. The highest BCUT2D eigenvalue weighted by molar-refractivity contribution is 5.98. The van der Waals surface area contributed by atoms with E-state index in [4.69, 9.17) is 14.2 Å². The second-order valence-corrected chi connectivity index (χ2v) is 6.17. The minimum absolute atomic E-state index is 0.236. The van der Waals surface area contributed by atoms with Gasteiger partial charge in [-0.1, -0.05) is 0 Å². The van der Waals surface area contributed by atoms with Crippen molar-refractivity contribution in [2.75, 3.05) is 19.0 Å². The van der Waals surface area contributed by atoms with Gasteiger partial charge in [-0.3, -0.25) is 4.79 Å². The number of nitrogens with one attached hydrogen (secondary N) is 3. The highest BCUT2D eigenvalue weighted by Gasteiger charge is 2.20. The Balaban J connectivity index is 1.67. The monoisotopic (exact) mass is 399 g/mol. The molecule has 0 saturated carbocycles. The Hall–Kier alpha value is -3.75. The van der Waals surface area contributed by atoms with Crippen LogP contribution in [-0.4, -0.2) is 41.7 Å². The van der Waals surface area contributed by atoms with Crippen LogP contribution in [0, 0.1) is 0 Å². The highest BCUT2D eigenvalue weighted by Crippen LogP contribution is 2.28. The third kappa shape index (κ3) is 4.57. The van der Waals surface area contributed by atoms with Crippen LogP contribution in [0.15, 0.2) is 41.2 Å². The predicted octanol–water partition coefficient (Wildman–Crippen LogP) is 2.45. The van der Waals surface area contributed by atoms with Crippen molar-refractivity contribution in [1.29, 1.82) is 0 Å². The lowest BCUT2D eigenvalue weighted by Crippen LogP contribution is -2.30. The molecule has 3 aromatic rings. The number of carbonyl (C=O) groups is 2. The number of esters is 1. The fourth-order valence-electron chi connectivity index (χ4n) is 2.71. The SMILES string of the molecule is CCOc1cc(C(=O)O[C@H](C)C(=O)Nc2ccc3[nH]c(=O)[nH]c3c2)ccc1OC. The molecule has 0 unspecified atom stereocenters. The van der Waals surface area contributed by atoms with Gasteiger partial charge >= 0.3 is 11.7 Å². The lowest BCUT2D eigenvalue weighted by molar-refractivity contribution is -0.123. The molecule has 152 valence electrons. The van der Waals surface area contributed by atoms with Gasteiger partial charge in [-0.15, -0.1) is 0 Å². The number of fused-ring (bicyclic) bond motifs is 1. The van der Waals surface area contributed by atoms with E-state index in [0.29, 0.717) is 34.8 Å². The Kier molecular flexibility index (Phi) is 5.87. The van der Waals surface area contributed by atoms with Crippen LogP contribution in [0.25, 0.3) is 11.0 Å². The Bertz CT molecular complexity index is 1100. The van der Waals surface area contributed by atoms with Gasteiger partial charge in [-0.2, -0.15) is 0 Å². The van der Waals surface area contributed by atoms with Crippen molar-refractivity contribution in [1.82, 2.24) is 9.97 Å². The van der Waals surface area contributed by atoms with Crippen molar-refractivity contribution in [3.63, 3.8) is 0 Å². The molecule has 1 amide bonds. The van der Waals surface area contributed by atoms with Gasteiger partial charge in [0.1, 0.15) is 0 Å². The molecule has 9 nitrogen and oxygen atoms in total. The molecule has 0 aliphatic carbocycles. The summed E-state index contributed by atoms with van der Waals surface area (Å²) in [4.78, 5) is 41.3. The predicted molar refractivity (Wildman–Crippen MR) is 107 cm³/mol. The van der Waals surface area contributed by atoms with E-state index in [1.807, 2.05) is 6.92 Å². The molecular weight excluding hydrogens is 378 g/mol. The summed E-state index contributed by atoms with van der Waals surface area (Å²) in [7, 11) is 1.50. The molecule has 0 radical (unpaired) electrons. The van der Waals surface area contributed by atoms with E-state index >= 15 is 0 Å². The number of aromatic nitrogens is 2. The number of imidazole rings is 1. The molecule has 1 atom stereocenters. The smallest absolute Gasteiger partial charge is 0.339 e. The van der Waals surface area contributed by atoms with Crippen LogP contribution in [0.3, 0.4) is 0 Å². The molecule has 2 aromatic carbocycles. The first-order valence-corrected chi connectivity index (χ1v) is 8.96. The Morgan fingerprint density at radius 2 is 1.83 bits per heavy atom. The van der Waals surface area contributed by atoms with Gasteiger partial charge in [0.2, 0.25) is 0 Å². The minimum Gasteiger partial charge on any atom is -0.493 e. The first-order valence-electron chi connectivity index (χ1n) is 8.96. The number of amides is 1. The molecule has 3 rings (SSSR count). The summed E-state index contributed by atoms with van der Waals surface area (Å²) in [5.74, 6) is -0.265. The molecule has 1 heterocycles. The number of anilines is 1. The number of carbonyl (C=O) groups excluding carboxylic acids is 2. The minimum atomic E-state index is -1.04.